The zero-order chi connectivity index (χ0) is 17.3. The van der Waals surface area contributed by atoms with Crippen LogP contribution >= 0.6 is 0 Å². The van der Waals surface area contributed by atoms with Gasteiger partial charge in [-0.15, -0.1) is 0 Å². The highest BCUT2D eigenvalue weighted by Crippen LogP contribution is 2.38. The normalized spacial score (nSPS) is 17.0. The summed E-state index contributed by atoms with van der Waals surface area (Å²) in [5.74, 6) is -1.39. The molecule has 1 aromatic rings. The molecule has 1 aliphatic rings. The fourth-order valence-corrected chi connectivity index (χ4v) is 4.64. The minimum absolute atomic E-state index is 0.172. The summed E-state index contributed by atoms with van der Waals surface area (Å²) in [5.41, 5.74) is 0.929. The van der Waals surface area contributed by atoms with Crippen molar-refractivity contribution >= 4 is 21.7 Å². The van der Waals surface area contributed by atoms with Crippen molar-refractivity contribution in [2.45, 2.75) is 37.0 Å². The maximum atomic E-state index is 12.7. The second kappa shape index (κ2) is 6.31. The largest absolute Gasteiger partial charge is 0.478 e. The lowest BCUT2D eigenvalue weighted by Gasteiger charge is -2.30. The van der Waals surface area contributed by atoms with Crippen LogP contribution in [0.1, 0.15) is 41.6 Å². The quantitative estimate of drug-likeness (QED) is 0.881. The molecule has 0 heterocycles. The van der Waals surface area contributed by atoms with Crippen LogP contribution in [0.3, 0.4) is 0 Å². The molecule has 1 saturated carbocycles. The topological polar surface area (TPSA) is 91.8 Å². The van der Waals surface area contributed by atoms with Crippen LogP contribution in [0.25, 0.3) is 0 Å². The number of carbonyl (C=O) groups is 2. The number of carboxylic acids is 1. The van der Waals surface area contributed by atoms with Crippen LogP contribution in [0, 0.1) is 0 Å². The summed E-state index contributed by atoms with van der Waals surface area (Å²) in [6.07, 6.45) is 3.34. The molecule has 1 amide bonds. The second-order valence-electron chi connectivity index (χ2n) is 6.14. The number of carbonyl (C=O) groups excluding carboxylic acids is 1. The van der Waals surface area contributed by atoms with Crippen LogP contribution < -0.4 is 0 Å². The van der Waals surface area contributed by atoms with Crippen molar-refractivity contribution in [3.05, 3.63) is 35.4 Å². The number of sulfone groups is 1. The third-order valence-electron chi connectivity index (χ3n) is 4.48. The number of aromatic carboxylic acids is 1. The Hall–Kier alpha value is -1.89. The van der Waals surface area contributed by atoms with Gasteiger partial charge in [-0.1, -0.05) is 25.0 Å². The van der Waals surface area contributed by atoms with E-state index in [1.165, 1.54) is 17.0 Å². The summed E-state index contributed by atoms with van der Waals surface area (Å²) in [6, 6.07) is 6.21. The summed E-state index contributed by atoms with van der Waals surface area (Å²) in [5, 5.41) is 8.88. The van der Waals surface area contributed by atoms with E-state index in [4.69, 9.17) is 5.11 Å². The minimum Gasteiger partial charge on any atom is -0.478 e. The summed E-state index contributed by atoms with van der Waals surface area (Å²) < 4.78 is 23.0. The molecule has 0 saturated heterocycles. The maximum absolute atomic E-state index is 12.7. The molecule has 0 spiro atoms. The van der Waals surface area contributed by atoms with Gasteiger partial charge in [-0.25, -0.2) is 13.2 Å². The van der Waals surface area contributed by atoms with Gasteiger partial charge in [0.25, 0.3) is 0 Å². The Morgan fingerprint density at radius 3 is 2.13 bits per heavy atom. The smallest absolute Gasteiger partial charge is 0.335 e. The van der Waals surface area contributed by atoms with Gasteiger partial charge in [-0.05, 0) is 30.5 Å². The highest BCUT2D eigenvalue weighted by Gasteiger charge is 2.51. The zero-order valence-electron chi connectivity index (χ0n) is 13.3. The Morgan fingerprint density at radius 1 is 1.17 bits per heavy atom. The molecule has 0 bridgehead atoms. The number of benzene rings is 1. The van der Waals surface area contributed by atoms with Crippen molar-refractivity contribution in [3.8, 4) is 0 Å². The number of hydrogen-bond donors (Lipinski definition) is 1. The van der Waals surface area contributed by atoms with Gasteiger partial charge in [0, 0.05) is 19.8 Å². The molecular weight excluding hydrogens is 318 g/mol. The fourth-order valence-electron chi connectivity index (χ4n) is 3.14. The molecule has 0 unspecified atom stereocenters. The van der Waals surface area contributed by atoms with E-state index in [9.17, 15) is 18.0 Å². The number of rotatable bonds is 5. The molecule has 1 fully saturated rings. The summed E-state index contributed by atoms with van der Waals surface area (Å²) >= 11 is 0. The van der Waals surface area contributed by atoms with E-state index in [1.54, 1.807) is 19.2 Å². The lowest BCUT2D eigenvalue weighted by atomic mass is 10.0. The average Bonchev–Trinajstić information content (AvgIpc) is 2.97. The molecular formula is C16H21NO5S. The van der Waals surface area contributed by atoms with Gasteiger partial charge in [0.1, 0.15) is 0 Å². The van der Waals surface area contributed by atoms with Gasteiger partial charge >= 0.3 is 5.97 Å². The molecule has 1 aliphatic carbocycles. The van der Waals surface area contributed by atoms with Gasteiger partial charge in [0.05, 0.1) is 5.56 Å². The van der Waals surface area contributed by atoms with Gasteiger partial charge in [0.15, 0.2) is 14.6 Å². The highest BCUT2D eigenvalue weighted by atomic mass is 32.2. The molecule has 0 aromatic heterocycles. The molecule has 0 aliphatic heterocycles. The van der Waals surface area contributed by atoms with Gasteiger partial charge in [-0.2, -0.15) is 0 Å². The van der Waals surface area contributed by atoms with Crippen LogP contribution in [-0.2, 0) is 21.2 Å². The van der Waals surface area contributed by atoms with Crippen molar-refractivity contribution in [2.75, 3.05) is 13.3 Å². The van der Waals surface area contributed by atoms with Crippen LogP contribution in [0.15, 0.2) is 24.3 Å². The first-order valence-electron chi connectivity index (χ1n) is 7.45. The van der Waals surface area contributed by atoms with E-state index in [0.717, 1.165) is 24.7 Å². The Morgan fingerprint density at radius 2 is 1.70 bits per heavy atom. The van der Waals surface area contributed by atoms with Crippen molar-refractivity contribution in [2.24, 2.45) is 0 Å². The van der Waals surface area contributed by atoms with Crippen molar-refractivity contribution in [1.82, 2.24) is 4.90 Å². The first-order valence-corrected chi connectivity index (χ1v) is 9.34. The van der Waals surface area contributed by atoms with E-state index >= 15 is 0 Å². The molecule has 6 nitrogen and oxygen atoms in total. The van der Waals surface area contributed by atoms with E-state index in [1.807, 2.05) is 0 Å². The number of hydrogen-bond acceptors (Lipinski definition) is 4. The predicted octanol–water partition coefficient (Wildman–Crippen LogP) is 1.70. The van der Waals surface area contributed by atoms with Crippen LogP contribution in [0.5, 0.6) is 0 Å². The molecule has 126 valence electrons. The first kappa shape index (κ1) is 17.5. The van der Waals surface area contributed by atoms with Crippen LogP contribution in [0.4, 0.5) is 0 Å². The lowest BCUT2D eigenvalue weighted by Crippen LogP contribution is -2.50. The summed E-state index contributed by atoms with van der Waals surface area (Å²) in [6.45, 7) is 0.246. The molecule has 1 N–H and O–H groups in total. The Kier molecular flexibility index (Phi) is 4.79. The monoisotopic (exact) mass is 339 g/mol. The average molecular weight is 339 g/mol. The first-order chi connectivity index (χ1) is 10.7. The molecule has 0 atom stereocenters. The summed E-state index contributed by atoms with van der Waals surface area (Å²) in [4.78, 5) is 25.0. The van der Waals surface area contributed by atoms with Gasteiger partial charge < -0.3 is 10.0 Å². The van der Waals surface area contributed by atoms with Crippen LogP contribution in [0.2, 0.25) is 0 Å². The molecule has 2 rings (SSSR count). The summed E-state index contributed by atoms with van der Waals surface area (Å²) in [7, 11) is -1.91. The van der Waals surface area contributed by atoms with E-state index < -0.39 is 20.6 Å². The zero-order valence-corrected chi connectivity index (χ0v) is 14.1. The van der Waals surface area contributed by atoms with Crippen LogP contribution in [-0.4, -0.2) is 48.4 Å². The van der Waals surface area contributed by atoms with Crippen molar-refractivity contribution in [1.29, 1.82) is 0 Å². The van der Waals surface area contributed by atoms with Gasteiger partial charge in [0.2, 0.25) is 5.91 Å². The van der Waals surface area contributed by atoms with E-state index in [2.05, 4.69) is 0 Å². The Bertz CT molecular complexity index is 702. The maximum Gasteiger partial charge on any atom is 0.335 e. The fraction of sp³-hybridized carbons (Fsp3) is 0.500. The van der Waals surface area contributed by atoms with Crippen molar-refractivity contribution < 1.29 is 23.1 Å². The second-order valence-corrected chi connectivity index (χ2v) is 8.46. The third kappa shape index (κ3) is 3.39. The SMILES string of the molecule is CN(Cc1ccc(C(=O)O)cc1)C(=O)C1(S(C)(=O)=O)CCCC1. The predicted molar refractivity (Wildman–Crippen MR) is 85.9 cm³/mol. The number of amides is 1. The van der Waals surface area contributed by atoms with Crippen molar-refractivity contribution in [3.63, 3.8) is 0 Å². The lowest BCUT2D eigenvalue weighted by molar-refractivity contribution is -0.133. The van der Waals surface area contributed by atoms with Gasteiger partial charge in [-0.3, -0.25) is 4.79 Å². The molecule has 0 radical (unpaired) electrons. The molecule has 1 aromatic carbocycles. The highest BCUT2D eigenvalue weighted by molar-refractivity contribution is 7.92. The number of carboxylic acid groups (broad SMARTS) is 1. The molecule has 7 heteroatoms. The minimum atomic E-state index is -3.49. The number of nitrogens with zero attached hydrogens (tertiary/aromatic N) is 1. The Balaban J connectivity index is 2.17. The van der Waals surface area contributed by atoms with E-state index in [0.29, 0.717) is 12.8 Å². The third-order valence-corrected chi connectivity index (χ3v) is 6.48. The van der Waals surface area contributed by atoms with E-state index in [-0.39, 0.29) is 18.0 Å². The Labute approximate surface area is 136 Å². The standard InChI is InChI=1S/C16H21NO5S/c1-17(11-12-5-7-13(8-6-12)14(18)19)15(20)16(23(2,21)22)9-3-4-10-16/h5-8H,3-4,9-11H2,1-2H3,(H,18,19). The molecule has 23 heavy (non-hydrogen) atoms.